The molecule has 6 nitrogen and oxygen atoms in total. The van der Waals surface area contributed by atoms with E-state index < -0.39 is 24.5 Å². The molecule has 0 aliphatic rings. The van der Waals surface area contributed by atoms with E-state index in [0.29, 0.717) is 0 Å². The van der Waals surface area contributed by atoms with Crippen LogP contribution in [0.2, 0.25) is 0 Å². The number of hydrogen-bond donors (Lipinski definition) is 5. The highest BCUT2D eigenvalue weighted by Gasteiger charge is 2.16. The number of aliphatic hydroxyl groups is 1. The summed E-state index contributed by atoms with van der Waals surface area (Å²) in [4.78, 5) is 19.4. The van der Waals surface area contributed by atoms with Gasteiger partial charge < -0.3 is 21.1 Å². The summed E-state index contributed by atoms with van der Waals surface area (Å²) < 4.78 is 0.194. The largest absolute Gasteiger partial charge is 0.481 e. The van der Waals surface area contributed by atoms with Gasteiger partial charge >= 0.3 is 11.9 Å². The molecule has 5 N–H and O–H groups in total. The summed E-state index contributed by atoms with van der Waals surface area (Å²) >= 11 is 7.65. The first-order chi connectivity index (χ1) is 5.77. The summed E-state index contributed by atoms with van der Waals surface area (Å²) in [6.45, 7) is 0. The third-order valence-electron chi connectivity index (χ3n) is 0.653. The number of thiocarbonyl (C=S) groups is 1. The van der Waals surface area contributed by atoms with Crippen molar-refractivity contribution in [3.8, 4) is 0 Å². The van der Waals surface area contributed by atoms with Crippen LogP contribution in [-0.4, -0.2) is 37.7 Å². The molecule has 0 aliphatic heterocycles. The molecule has 0 aromatic carbocycles. The normalized spacial score (nSPS) is 10.6. The molecule has 0 spiro atoms. The minimum Gasteiger partial charge on any atom is -0.481 e. The average molecular weight is 227 g/mol. The molecule has 0 fully saturated rings. The van der Waals surface area contributed by atoms with Crippen molar-refractivity contribution in [3.63, 3.8) is 0 Å². The van der Waals surface area contributed by atoms with E-state index in [0.717, 1.165) is 0 Å². The lowest BCUT2D eigenvalue weighted by atomic mass is 10.3. The molecule has 0 saturated carbocycles. The molecule has 0 aromatic rings. The third kappa shape index (κ3) is 18.3. The van der Waals surface area contributed by atoms with Crippen LogP contribution in [0.1, 0.15) is 6.42 Å². The molecule has 13 heavy (non-hydrogen) atoms. The topological polar surface area (TPSA) is 121 Å². The molecular weight excluding hydrogens is 218 g/mol. The maximum atomic E-state index is 9.72. The number of rotatable bonds is 3. The van der Waals surface area contributed by atoms with E-state index >= 15 is 0 Å². The van der Waals surface area contributed by atoms with Crippen LogP contribution in [0.5, 0.6) is 0 Å². The van der Waals surface area contributed by atoms with Crippen LogP contribution < -0.4 is 5.73 Å². The fourth-order valence-corrected chi connectivity index (χ4v) is 0.253. The molecule has 0 aromatic heterocycles. The summed E-state index contributed by atoms with van der Waals surface area (Å²) in [6.07, 6.45) is -2.54. The highest BCUT2D eigenvalue weighted by Crippen LogP contribution is 1.89. The van der Waals surface area contributed by atoms with Gasteiger partial charge in [0.2, 0.25) is 0 Å². The van der Waals surface area contributed by atoms with E-state index in [2.05, 4.69) is 24.8 Å². The van der Waals surface area contributed by atoms with Crippen molar-refractivity contribution in [2.45, 2.75) is 12.5 Å². The second-order valence-electron chi connectivity index (χ2n) is 1.79. The first-order valence-electron chi connectivity index (χ1n) is 2.88. The predicted octanol–water partition coefficient (Wildman–Crippen LogP) is -0.934. The van der Waals surface area contributed by atoms with Crippen LogP contribution in [0, 0.1) is 0 Å². The number of hydrogen-bond acceptors (Lipinski definition) is 4. The fourth-order valence-electron chi connectivity index (χ4n) is 0.253. The van der Waals surface area contributed by atoms with Gasteiger partial charge in [-0.25, -0.2) is 4.79 Å². The van der Waals surface area contributed by atoms with Gasteiger partial charge in [0.1, 0.15) is 4.32 Å². The van der Waals surface area contributed by atoms with Crippen molar-refractivity contribution in [2.24, 2.45) is 5.73 Å². The summed E-state index contributed by atoms with van der Waals surface area (Å²) in [6, 6.07) is 0. The van der Waals surface area contributed by atoms with Crippen LogP contribution in [0.25, 0.3) is 0 Å². The van der Waals surface area contributed by atoms with Gasteiger partial charge in [-0.15, -0.1) is 12.6 Å². The zero-order valence-electron chi connectivity index (χ0n) is 6.38. The Bertz CT molecular complexity index is 203. The minimum absolute atomic E-state index is 0.194. The minimum atomic E-state index is -1.79. The molecule has 8 heteroatoms. The number of aliphatic hydroxyl groups excluding tert-OH is 1. The van der Waals surface area contributed by atoms with E-state index in [-0.39, 0.29) is 4.32 Å². The molecule has 0 rings (SSSR count). The van der Waals surface area contributed by atoms with Crippen LogP contribution in [0.15, 0.2) is 0 Å². The Labute approximate surface area is 84.8 Å². The van der Waals surface area contributed by atoms with E-state index in [1.54, 1.807) is 0 Å². The van der Waals surface area contributed by atoms with Crippen LogP contribution in [0.4, 0.5) is 0 Å². The second-order valence-corrected chi connectivity index (χ2v) is 3.01. The number of carboxylic acids is 2. The fraction of sp³-hybridized carbons (Fsp3) is 0.400. The maximum Gasteiger partial charge on any atom is 0.333 e. The zero-order chi connectivity index (χ0) is 11.0. The van der Waals surface area contributed by atoms with Gasteiger partial charge in [0.15, 0.2) is 6.10 Å². The lowest BCUT2D eigenvalue weighted by Crippen LogP contribution is -2.22. The first-order valence-corrected chi connectivity index (χ1v) is 3.74. The Hall–Kier alpha value is -0.860. The van der Waals surface area contributed by atoms with E-state index in [4.69, 9.17) is 21.1 Å². The number of carboxylic acid groups (broad SMARTS) is 2. The molecule has 0 saturated heterocycles. The predicted molar refractivity (Wildman–Crippen MR) is 51.7 cm³/mol. The Morgan fingerprint density at radius 1 is 1.46 bits per heavy atom. The summed E-state index contributed by atoms with van der Waals surface area (Å²) in [7, 11) is 0. The standard InChI is InChI=1S/C4H6O5.CH3NS2/c5-2(4(8)9)1-3(6)7;2-1(3)4/h2,5H,1H2,(H,6,7)(H,8,9);(H3,2,3,4). The smallest absolute Gasteiger partial charge is 0.333 e. The zero-order valence-corrected chi connectivity index (χ0v) is 8.09. The van der Waals surface area contributed by atoms with Gasteiger partial charge in [-0.05, 0) is 0 Å². The SMILES string of the molecule is NC(=S)S.O=C(O)CC(O)C(=O)O. The third-order valence-corrected chi connectivity index (χ3v) is 0.653. The van der Waals surface area contributed by atoms with Gasteiger partial charge in [0.05, 0.1) is 6.42 Å². The van der Waals surface area contributed by atoms with Crippen molar-refractivity contribution in [1.82, 2.24) is 0 Å². The molecule has 0 aliphatic carbocycles. The van der Waals surface area contributed by atoms with E-state index in [9.17, 15) is 9.59 Å². The molecule has 76 valence electrons. The molecule has 0 radical (unpaired) electrons. The highest BCUT2D eigenvalue weighted by molar-refractivity contribution is 8.10. The maximum absolute atomic E-state index is 9.72. The Morgan fingerprint density at radius 3 is 1.85 bits per heavy atom. The molecule has 0 bridgehead atoms. The Balaban J connectivity index is 0. The molecule has 0 amide bonds. The number of thiol groups is 1. The van der Waals surface area contributed by atoms with Crippen LogP contribution in [0.3, 0.4) is 0 Å². The van der Waals surface area contributed by atoms with Gasteiger partial charge in [0.25, 0.3) is 0 Å². The van der Waals surface area contributed by atoms with Gasteiger partial charge in [-0.2, -0.15) is 0 Å². The molecular formula is C5H9NO5S2. The Kier molecular flexibility index (Phi) is 8.76. The molecule has 1 unspecified atom stereocenters. The lowest BCUT2D eigenvalue weighted by Gasteiger charge is -1.97. The summed E-state index contributed by atoms with van der Waals surface area (Å²) in [5, 5.41) is 24.1. The van der Waals surface area contributed by atoms with E-state index in [1.807, 2.05) is 0 Å². The van der Waals surface area contributed by atoms with E-state index in [1.165, 1.54) is 0 Å². The quantitative estimate of drug-likeness (QED) is 0.312. The van der Waals surface area contributed by atoms with Crippen LogP contribution in [-0.2, 0) is 9.59 Å². The number of aliphatic carboxylic acids is 2. The number of carbonyl (C=O) groups is 2. The highest BCUT2D eigenvalue weighted by atomic mass is 32.1. The van der Waals surface area contributed by atoms with Crippen LogP contribution >= 0.6 is 24.8 Å². The summed E-state index contributed by atoms with van der Waals surface area (Å²) in [5.74, 6) is -2.85. The summed E-state index contributed by atoms with van der Waals surface area (Å²) in [5.41, 5.74) is 4.71. The molecule has 0 heterocycles. The average Bonchev–Trinajstić information content (AvgIpc) is 1.83. The Morgan fingerprint density at radius 2 is 1.77 bits per heavy atom. The lowest BCUT2D eigenvalue weighted by molar-refractivity contribution is -0.152. The van der Waals surface area contributed by atoms with Crippen molar-refractivity contribution in [2.75, 3.05) is 0 Å². The molecule has 1 atom stereocenters. The van der Waals surface area contributed by atoms with Crippen molar-refractivity contribution in [3.05, 3.63) is 0 Å². The monoisotopic (exact) mass is 227 g/mol. The van der Waals surface area contributed by atoms with Crippen molar-refractivity contribution in [1.29, 1.82) is 0 Å². The van der Waals surface area contributed by atoms with Gasteiger partial charge in [-0.3, -0.25) is 4.79 Å². The van der Waals surface area contributed by atoms with Gasteiger partial charge in [-0.1, -0.05) is 12.2 Å². The van der Waals surface area contributed by atoms with Gasteiger partial charge in [0, 0.05) is 0 Å². The van der Waals surface area contributed by atoms with Crippen molar-refractivity contribution >= 4 is 41.1 Å². The second kappa shape index (κ2) is 7.77. The number of nitrogens with two attached hydrogens (primary N) is 1. The van der Waals surface area contributed by atoms with Crippen molar-refractivity contribution < 1.29 is 24.9 Å². The first kappa shape index (κ1) is 14.7.